The second-order valence-corrected chi connectivity index (χ2v) is 5.57. The van der Waals surface area contributed by atoms with Crippen LogP contribution in [0.2, 0.25) is 5.02 Å². The molecule has 2 aliphatic rings. The fourth-order valence-corrected chi connectivity index (χ4v) is 2.71. The molecular weight excluding hydrogens is 252 g/mol. The normalized spacial score (nSPS) is 25.8. The van der Waals surface area contributed by atoms with Crippen molar-refractivity contribution in [1.82, 2.24) is 0 Å². The van der Waals surface area contributed by atoms with Gasteiger partial charge in [0.2, 0.25) is 0 Å². The summed E-state index contributed by atoms with van der Waals surface area (Å²) in [6.07, 6.45) is 2.78. The second-order valence-electron chi connectivity index (χ2n) is 5.16. The number of carboxylic acid groups (broad SMARTS) is 1. The molecule has 2 atom stereocenters. The summed E-state index contributed by atoms with van der Waals surface area (Å²) in [5.41, 5.74) is 1.65. The van der Waals surface area contributed by atoms with Gasteiger partial charge in [0.25, 0.3) is 0 Å². The van der Waals surface area contributed by atoms with Crippen LogP contribution in [0.25, 0.3) is 0 Å². The van der Waals surface area contributed by atoms with E-state index in [1.807, 2.05) is 6.07 Å². The van der Waals surface area contributed by atoms with Gasteiger partial charge in [-0.3, -0.25) is 9.59 Å². The third-order valence-electron chi connectivity index (χ3n) is 3.75. The van der Waals surface area contributed by atoms with Gasteiger partial charge in [-0.1, -0.05) is 23.7 Å². The lowest BCUT2D eigenvalue weighted by atomic mass is 10.0. The smallest absolute Gasteiger partial charge is 0.307 e. The first-order chi connectivity index (χ1) is 8.58. The Labute approximate surface area is 110 Å². The van der Waals surface area contributed by atoms with Crippen molar-refractivity contribution < 1.29 is 14.7 Å². The summed E-state index contributed by atoms with van der Waals surface area (Å²) in [6.45, 7) is 0. The minimum atomic E-state index is -0.881. The molecule has 18 heavy (non-hydrogen) atoms. The molecule has 0 aliphatic heterocycles. The van der Waals surface area contributed by atoms with Crippen LogP contribution >= 0.6 is 11.6 Å². The van der Waals surface area contributed by atoms with Crippen LogP contribution in [-0.2, 0) is 4.79 Å². The average molecular weight is 265 g/mol. The molecule has 3 nitrogen and oxygen atoms in total. The van der Waals surface area contributed by atoms with Crippen molar-refractivity contribution in [2.24, 2.45) is 11.8 Å². The number of Topliss-reactive ketones (excluding diaryl/α,β-unsaturated/α-hetero) is 1. The largest absolute Gasteiger partial charge is 0.481 e. The van der Waals surface area contributed by atoms with Crippen molar-refractivity contribution in [2.45, 2.75) is 25.2 Å². The number of halogens is 1. The first-order valence-electron chi connectivity index (χ1n) is 6.14. The Morgan fingerprint density at radius 2 is 1.94 bits per heavy atom. The Morgan fingerprint density at radius 1 is 1.22 bits per heavy atom. The van der Waals surface area contributed by atoms with Crippen LogP contribution in [0.4, 0.5) is 0 Å². The van der Waals surface area contributed by atoms with Gasteiger partial charge in [-0.15, -0.1) is 0 Å². The Morgan fingerprint density at radius 3 is 2.44 bits per heavy atom. The maximum absolute atomic E-state index is 12.0. The van der Waals surface area contributed by atoms with Gasteiger partial charge in [-0.2, -0.15) is 0 Å². The molecule has 2 fully saturated rings. The lowest BCUT2D eigenvalue weighted by molar-refractivity contribution is -0.138. The molecule has 4 heteroatoms. The number of hydrogen-bond acceptors (Lipinski definition) is 2. The van der Waals surface area contributed by atoms with Crippen molar-refractivity contribution in [1.29, 1.82) is 0 Å². The van der Waals surface area contributed by atoms with Crippen LogP contribution in [0.1, 0.15) is 41.1 Å². The zero-order chi connectivity index (χ0) is 12.9. The van der Waals surface area contributed by atoms with E-state index in [1.165, 1.54) is 0 Å². The van der Waals surface area contributed by atoms with Gasteiger partial charge in [0.15, 0.2) is 5.78 Å². The zero-order valence-electron chi connectivity index (χ0n) is 9.73. The van der Waals surface area contributed by atoms with Gasteiger partial charge >= 0.3 is 5.97 Å². The number of benzene rings is 1. The average Bonchev–Trinajstić information content (AvgIpc) is 3.19. The molecule has 0 spiro atoms. The first kappa shape index (κ1) is 11.7. The number of carbonyl (C=O) groups is 2. The van der Waals surface area contributed by atoms with E-state index >= 15 is 0 Å². The maximum atomic E-state index is 12.0. The van der Waals surface area contributed by atoms with Crippen molar-refractivity contribution in [3.8, 4) is 0 Å². The Kier molecular flexibility index (Phi) is 2.67. The molecule has 1 aromatic rings. The number of hydrogen-bond donors (Lipinski definition) is 1. The van der Waals surface area contributed by atoms with E-state index in [4.69, 9.17) is 16.7 Å². The molecular formula is C14H13ClO3. The molecule has 2 unspecified atom stereocenters. The standard InChI is InChI=1S/C14H13ClO3/c15-12-5-8(3-4-9(12)7-1-2-7)13(16)10-6-11(10)14(17)18/h3-5,7,10-11H,1-2,6H2,(H,17,18). The van der Waals surface area contributed by atoms with Gasteiger partial charge in [-0.05, 0) is 36.8 Å². The first-order valence-corrected chi connectivity index (χ1v) is 6.52. The molecule has 1 aromatic carbocycles. The molecule has 3 rings (SSSR count). The maximum Gasteiger partial charge on any atom is 0.307 e. The van der Waals surface area contributed by atoms with E-state index in [1.54, 1.807) is 12.1 Å². The van der Waals surface area contributed by atoms with Crippen LogP contribution in [-0.4, -0.2) is 16.9 Å². The molecule has 2 aliphatic carbocycles. The lowest BCUT2D eigenvalue weighted by Crippen LogP contribution is -2.08. The summed E-state index contributed by atoms with van der Waals surface area (Å²) >= 11 is 6.16. The van der Waals surface area contributed by atoms with Gasteiger partial charge in [0, 0.05) is 16.5 Å². The number of ketones is 1. The van der Waals surface area contributed by atoms with Crippen molar-refractivity contribution in [3.63, 3.8) is 0 Å². The predicted octanol–water partition coefficient (Wildman–Crippen LogP) is 3.12. The van der Waals surface area contributed by atoms with Crippen molar-refractivity contribution in [2.75, 3.05) is 0 Å². The SMILES string of the molecule is O=C(O)C1CC1C(=O)c1ccc(C2CC2)c(Cl)c1. The third kappa shape index (κ3) is 2.03. The van der Waals surface area contributed by atoms with E-state index in [-0.39, 0.29) is 11.7 Å². The van der Waals surface area contributed by atoms with Crippen LogP contribution < -0.4 is 0 Å². The molecule has 0 radical (unpaired) electrons. The summed E-state index contributed by atoms with van der Waals surface area (Å²) in [5.74, 6) is -1.28. The van der Waals surface area contributed by atoms with E-state index in [0.29, 0.717) is 22.9 Å². The van der Waals surface area contributed by atoms with E-state index in [9.17, 15) is 9.59 Å². The van der Waals surface area contributed by atoms with Crippen LogP contribution in [0.3, 0.4) is 0 Å². The fraction of sp³-hybridized carbons (Fsp3) is 0.429. The fourth-order valence-electron chi connectivity index (χ4n) is 2.38. The molecule has 94 valence electrons. The highest BCUT2D eigenvalue weighted by Gasteiger charge is 2.48. The predicted molar refractivity (Wildman–Crippen MR) is 67.0 cm³/mol. The molecule has 0 aromatic heterocycles. The number of carboxylic acids is 1. The van der Waals surface area contributed by atoms with Gasteiger partial charge in [0.1, 0.15) is 0 Å². The molecule has 0 amide bonds. The highest BCUT2D eigenvalue weighted by molar-refractivity contribution is 6.32. The lowest BCUT2D eigenvalue weighted by Gasteiger charge is -2.05. The quantitative estimate of drug-likeness (QED) is 0.850. The monoisotopic (exact) mass is 264 g/mol. The summed E-state index contributed by atoms with van der Waals surface area (Å²) < 4.78 is 0. The van der Waals surface area contributed by atoms with Gasteiger partial charge in [-0.25, -0.2) is 0 Å². The minimum absolute atomic E-state index is 0.0911. The van der Waals surface area contributed by atoms with Crippen LogP contribution in [0, 0.1) is 11.8 Å². The molecule has 0 bridgehead atoms. The van der Waals surface area contributed by atoms with E-state index in [2.05, 4.69) is 0 Å². The van der Waals surface area contributed by atoms with Crippen molar-refractivity contribution >= 4 is 23.4 Å². The number of carbonyl (C=O) groups excluding carboxylic acids is 1. The van der Waals surface area contributed by atoms with E-state index < -0.39 is 11.9 Å². The third-order valence-corrected chi connectivity index (χ3v) is 4.07. The summed E-state index contributed by atoms with van der Waals surface area (Å²) in [6, 6.07) is 5.37. The Hall–Kier alpha value is -1.35. The molecule has 0 saturated heterocycles. The molecule has 1 N–H and O–H groups in total. The minimum Gasteiger partial charge on any atom is -0.481 e. The van der Waals surface area contributed by atoms with Crippen LogP contribution in [0.15, 0.2) is 18.2 Å². The summed E-state index contributed by atoms with van der Waals surface area (Å²) in [4.78, 5) is 22.8. The Balaban J connectivity index is 1.78. The van der Waals surface area contributed by atoms with Crippen molar-refractivity contribution in [3.05, 3.63) is 34.3 Å². The number of aliphatic carboxylic acids is 1. The molecule has 2 saturated carbocycles. The van der Waals surface area contributed by atoms with Gasteiger partial charge in [0.05, 0.1) is 5.92 Å². The summed E-state index contributed by atoms with van der Waals surface area (Å²) in [7, 11) is 0. The topological polar surface area (TPSA) is 54.4 Å². The van der Waals surface area contributed by atoms with Gasteiger partial charge < -0.3 is 5.11 Å². The highest BCUT2D eigenvalue weighted by Crippen LogP contribution is 2.45. The Bertz CT molecular complexity index is 534. The second kappa shape index (κ2) is 4.09. The van der Waals surface area contributed by atoms with Crippen LogP contribution in [0.5, 0.6) is 0 Å². The zero-order valence-corrected chi connectivity index (χ0v) is 10.5. The molecule has 0 heterocycles. The van der Waals surface area contributed by atoms with E-state index in [0.717, 1.165) is 18.4 Å². The highest BCUT2D eigenvalue weighted by atomic mass is 35.5. The number of rotatable bonds is 4. The summed E-state index contributed by atoms with van der Waals surface area (Å²) in [5, 5.41) is 9.46.